The predicted molar refractivity (Wildman–Crippen MR) is 246 cm³/mol. The Morgan fingerprint density at radius 1 is 0.491 bits per heavy atom. The molecule has 0 saturated carbocycles. The van der Waals surface area contributed by atoms with E-state index in [1.165, 1.54) is 173 Å². The van der Waals surface area contributed by atoms with E-state index in [2.05, 4.69) is 37.4 Å². The molecule has 0 aromatic rings. The zero-order valence-electron chi connectivity index (χ0n) is 38.1. The summed E-state index contributed by atoms with van der Waals surface area (Å²) < 4.78 is 5.44. The van der Waals surface area contributed by atoms with Crippen molar-refractivity contribution < 1.29 is 24.5 Å². The quantitative estimate of drug-likeness (QED) is 0.0324. The molecule has 336 valence electrons. The van der Waals surface area contributed by atoms with Crippen LogP contribution in [0.15, 0.2) is 24.3 Å². The molecule has 3 N–H and O–H groups in total. The average molecular weight is 804 g/mol. The van der Waals surface area contributed by atoms with Gasteiger partial charge in [0.05, 0.1) is 25.4 Å². The number of amides is 1. The van der Waals surface area contributed by atoms with Crippen molar-refractivity contribution in [1.29, 1.82) is 0 Å². The molecule has 0 aliphatic rings. The number of esters is 1. The predicted octanol–water partition coefficient (Wildman–Crippen LogP) is 14.7. The molecule has 0 aromatic heterocycles. The number of hydrogen-bond donors (Lipinski definition) is 3. The van der Waals surface area contributed by atoms with Gasteiger partial charge >= 0.3 is 5.97 Å². The molecule has 0 aliphatic carbocycles. The second-order valence-electron chi connectivity index (χ2n) is 17.1. The Balaban J connectivity index is 3.55. The molecule has 6 heteroatoms. The minimum atomic E-state index is -0.697. The lowest BCUT2D eigenvalue weighted by atomic mass is 10.0. The highest BCUT2D eigenvalue weighted by Crippen LogP contribution is 2.16. The van der Waals surface area contributed by atoms with Gasteiger partial charge in [-0.2, -0.15) is 0 Å². The first-order valence-corrected chi connectivity index (χ1v) is 25.1. The Morgan fingerprint density at radius 3 is 1.37 bits per heavy atom. The van der Waals surface area contributed by atoms with Gasteiger partial charge in [0.25, 0.3) is 0 Å². The largest absolute Gasteiger partial charge is 0.466 e. The molecule has 6 nitrogen and oxygen atoms in total. The van der Waals surface area contributed by atoms with Crippen LogP contribution in [0.25, 0.3) is 0 Å². The third kappa shape index (κ3) is 43.7. The number of rotatable bonds is 46. The van der Waals surface area contributed by atoms with Crippen molar-refractivity contribution in [3.05, 3.63) is 24.3 Å². The Bertz CT molecular complexity index is 889. The summed E-state index contributed by atoms with van der Waals surface area (Å²) in [6, 6.07) is -0.584. The summed E-state index contributed by atoms with van der Waals surface area (Å²) in [6.45, 7) is 4.89. The first kappa shape index (κ1) is 55.3. The minimum Gasteiger partial charge on any atom is -0.466 e. The molecule has 0 aliphatic heterocycles. The zero-order chi connectivity index (χ0) is 41.5. The number of hydrogen-bond acceptors (Lipinski definition) is 5. The van der Waals surface area contributed by atoms with Crippen molar-refractivity contribution in [3.63, 3.8) is 0 Å². The van der Waals surface area contributed by atoms with E-state index < -0.39 is 12.1 Å². The Morgan fingerprint density at radius 2 is 0.895 bits per heavy atom. The van der Waals surface area contributed by atoms with Crippen molar-refractivity contribution in [2.45, 2.75) is 276 Å². The number of unbranched alkanes of at least 4 members (excludes halogenated alkanes) is 31. The molecular weight excluding hydrogens is 707 g/mol. The van der Waals surface area contributed by atoms with Crippen molar-refractivity contribution >= 4 is 11.9 Å². The van der Waals surface area contributed by atoms with Crippen LogP contribution in [0, 0.1) is 0 Å². The van der Waals surface area contributed by atoms with Crippen LogP contribution in [0.4, 0.5) is 0 Å². The standard InChI is InChI=1S/C51H97NO5/c1-3-5-7-9-11-13-15-17-20-23-27-31-35-39-43-49(54)48(47-53)52-50(55)44-40-36-32-28-24-21-18-22-26-30-34-38-42-46-57-51(56)45-41-37-33-29-25-19-16-14-12-10-8-6-4-2/h21,24,32,36,48-49,53-54H,3-20,22-23,25-31,33-35,37-47H2,1-2H3,(H,52,55)/b24-21-,36-32-. The summed E-state index contributed by atoms with van der Waals surface area (Å²) in [6.07, 6.45) is 54.4. The minimum absolute atomic E-state index is 0.0157. The topological polar surface area (TPSA) is 95.9 Å². The van der Waals surface area contributed by atoms with Gasteiger partial charge in [0.2, 0.25) is 5.91 Å². The summed E-state index contributed by atoms with van der Waals surface area (Å²) in [5.41, 5.74) is 0. The summed E-state index contributed by atoms with van der Waals surface area (Å²) in [4.78, 5) is 24.4. The van der Waals surface area contributed by atoms with Crippen LogP contribution in [-0.4, -0.2) is 47.4 Å². The number of ether oxygens (including phenoxy) is 1. The van der Waals surface area contributed by atoms with E-state index in [9.17, 15) is 19.8 Å². The van der Waals surface area contributed by atoms with Crippen LogP contribution in [0.3, 0.4) is 0 Å². The van der Waals surface area contributed by atoms with E-state index in [1.54, 1.807) is 0 Å². The maximum absolute atomic E-state index is 12.4. The summed E-state index contributed by atoms with van der Waals surface area (Å²) in [5.74, 6) is -0.131. The Labute approximate surface area is 354 Å². The van der Waals surface area contributed by atoms with Crippen LogP contribution in [0.5, 0.6) is 0 Å². The summed E-state index contributed by atoms with van der Waals surface area (Å²) >= 11 is 0. The van der Waals surface area contributed by atoms with E-state index in [1.807, 2.05) is 6.08 Å². The van der Waals surface area contributed by atoms with E-state index in [0.717, 1.165) is 51.4 Å². The second-order valence-corrected chi connectivity index (χ2v) is 17.1. The fraction of sp³-hybridized carbons (Fsp3) is 0.882. The Hall–Kier alpha value is -1.66. The number of carbonyl (C=O) groups excluding carboxylic acids is 2. The molecule has 0 spiro atoms. The molecule has 0 rings (SSSR count). The van der Waals surface area contributed by atoms with E-state index >= 15 is 0 Å². The number of allylic oxidation sites excluding steroid dienone is 4. The lowest BCUT2D eigenvalue weighted by Gasteiger charge is -2.22. The lowest BCUT2D eigenvalue weighted by Crippen LogP contribution is -2.45. The van der Waals surface area contributed by atoms with Crippen molar-refractivity contribution in [1.82, 2.24) is 5.32 Å². The van der Waals surface area contributed by atoms with Gasteiger partial charge in [0, 0.05) is 12.8 Å². The first-order valence-electron chi connectivity index (χ1n) is 25.1. The van der Waals surface area contributed by atoms with Crippen LogP contribution in [0.2, 0.25) is 0 Å². The zero-order valence-corrected chi connectivity index (χ0v) is 38.1. The molecule has 0 saturated heterocycles. The highest BCUT2D eigenvalue weighted by molar-refractivity contribution is 5.76. The molecule has 1 amide bonds. The highest BCUT2D eigenvalue weighted by Gasteiger charge is 2.19. The SMILES string of the molecule is CCCCCCCCCCCCCCCCC(O)C(CO)NC(=O)CC/C=C\C/C=C\CCCCCCCCOC(=O)CCCCCCCCCCCCCCC. The molecule has 2 atom stereocenters. The van der Waals surface area contributed by atoms with Crippen molar-refractivity contribution in [2.75, 3.05) is 13.2 Å². The molecular formula is C51H97NO5. The van der Waals surface area contributed by atoms with Gasteiger partial charge in [0.1, 0.15) is 0 Å². The maximum atomic E-state index is 12.4. The fourth-order valence-corrected chi connectivity index (χ4v) is 7.63. The van der Waals surface area contributed by atoms with Gasteiger partial charge < -0.3 is 20.3 Å². The third-order valence-electron chi connectivity index (χ3n) is 11.5. The van der Waals surface area contributed by atoms with E-state index in [0.29, 0.717) is 32.3 Å². The molecule has 0 bridgehead atoms. The monoisotopic (exact) mass is 804 g/mol. The first-order chi connectivity index (χ1) is 28.0. The highest BCUT2D eigenvalue weighted by atomic mass is 16.5. The smallest absolute Gasteiger partial charge is 0.305 e. The van der Waals surface area contributed by atoms with Gasteiger partial charge in [-0.1, -0.05) is 231 Å². The number of aliphatic hydroxyl groups is 2. The van der Waals surface area contributed by atoms with Crippen LogP contribution in [0.1, 0.15) is 264 Å². The van der Waals surface area contributed by atoms with Gasteiger partial charge in [-0.3, -0.25) is 9.59 Å². The van der Waals surface area contributed by atoms with E-state index in [4.69, 9.17) is 4.74 Å². The number of nitrogens with one attached hydrogen (secondary N) is 1. The average Bonchev–Trinajstić information content (AvgIpc) is 3.21. The van der Waals surface area contributed by atoms with Crippen LogP contribution in [-0.2, 0) is 14.3 Å². The third-order valence-corrected chi connectivity index (χ3v) is 11.5. The molecule has 0 radical (unpaired) electrons. The molecule has 0 fully saturated rings. The fourth-order valence-electron chi connectivity index (χ4n) is 7.63. The summed E-state index contributed by atoms with van der Waals surface area (Å²) in [5, 5.41) is 23.1. The maximum Gasteiger partial charge on any atom is 0.305 e. The van der Waals surface area contributed by atoms with E-state index in [-0.39, 0.29) is 18.5 Å². The summed E-state index contributed by atoms with van der Waals surface area (Å²) in [7, 11) is 0. The van der Waals surface area contributed by atoms with Gasteiger partial charge in [-0.15, -0.1) is 0 Å². The molecule has 0 aromatic carbocycles. The normalized spacial score (nSPS) is 12.8. The lowest BCUT2D eigenvalue weighted by molar-refractivity contribution is -0.143. The van der Waals surface area contributed by atoms with Crippen LogP contribution >= 0.6 is 0 Å². The molecule has 2 unspecified atom stereocenters. The van der Waals surface area contributed by atoms with Gasteiger partial charge in [0.15, 0.2) is 0 Å². The van der Waals surface area contributed by atoms with Crippen molar-refractivity contribution in [2.24, 2.45) is 0 Å². The Kier molecular flexibility index (Phi) is 45.7. The van der Waals surface area contributed by atoms with Crippen molar-refractivity contribution in [3.8, 4) is 0 Å². The molecule has 57 heavy (non-hydrogen) atoms. The van der Waals surface area contributed by atoms with Crippen LogP contribution < -0.4 is 5.32 Å². The van der Waals surface area contributed by atoms with Gasteiger partial charge in [-0.25, -0.2) is 0 Å². The number of carbonyl (C=O) groups is 2. The second kappa shape index (κ2) is 47.0. The van der Waals surface area contributed by atoms with Gasteiger partial charge in [-0.05, 0) is 44.9 Å². The number of aliphatic hydroxyl groups excluding tert-OH is 2. The molecule has 0 heterocycles.